The van der Waals surface area contributed by atoms with Crippen molar-refractivity contribution in [2.45, 2.75) is 44.1 Å². The summed E-state index contributed by atoms with van der Waals surface area (Å²) in [6, 6.07) is 0. The first-order valence-corrected chi connectivity index (χ1v) is 5.54. The molecule has 4 rings (SSSR count). The molecule has 0 spiro atoms. The van der Waals surface area contributed by atoms with Crippen LogP contribution >= 0.6 is 0 Å². The van der Waals surface area contributed by atoms with E-state index in [1.54, 1.807) is 0 Å². The largest absolute Gasteiger partial charge is 0.378 e. The lowest BCUT2D eigenvalue weighted by molar-refractivity contribution is -0.166. The smallest absolute Gasteiger partial charge is 0.0689 e. The van der Waals surface area contributed by atoms with Crippen molar-refractivity contribution in [2.24, 2.45) is 17.3 Å². The van der Waals surface area contributed by atoms with Crippen LogP contribution in [-0.4, -0.2) is 12.7 Å². The molecular weight excluding hydrogens is 160 g/mol. The minimum atomic E-state index is 0.242. The molecule has 4 saturated carbocycles. The van der Waals surface area contributed by atoms with Gasteiger partial charge in [-0.3, -0.25) is 0 Å². The zero-order valence-corrected chi connectivity index (χ0v) is 8.51. The normalized spacial score (nSPS) is 58.6. The molecule has 0 aromatic carbocycles. The highest BCUT2D eigenvalue weighted by Crippen LogP contribution is 2.62. The number of rotatable bonds is 1. The van der Waals surface area contributed by atoms with Gasteiger partial charge in [0.15, 0.2) is 0 Å². The Kier molecular flexibility index (Phi) is 1.47. The SMILES string of the molecule is [CH2]C12CC3CC(C1)CC(OC)(C3)C2. The number of methoxy groups -OCH3 is 1. The van der Waals surface area contributed by atoms with Crippen molar-refractivity contribution in [3.63, 3.8) is 0 Å². The minimum absolute atomic E-state index is 0.242. The Morgan fingerprint density at radius 1 is 1.15 bits per heavy atom. The first-order chi connectivity index (χ1) is 6.13. The Morgan fingerprint density at radius 3 is 2.23 bits per heavy atom. The molecule has 0 saturated heterocycles. The molecule has 0 aromatic rings. The lowest BCUT2D eigenvalue weighted by atomic mass is 9.48. The highest BCUT2D eigenvalue weighted by atomic mass is 16.5. The van der Waals surface area contributed by atoms with Crippen LogP contribution in [0, 0.1) is 24.2 Å². The first kappa shape index (κ1) is 8.28. The van der Waals surface area contributed by atoms with E-state index in [4.69, 9.17) is 4.74 Å². The average molecular weight is 179 g/mol. The molecule has 1 nitrogen and oxygen atoms in total. The minimum Gasteiger partial charge on any atom is -0.378 e. The van der Waals surface area contributed by atoms with Gasteiger partial charge in [0.2, 0.25) is 0 Å². The molecule has 4 aliphatic carbocycles. The van der Waals surface area contributed by atoms with Gasteiger partial charge in [-0.2, -0.15) is 0 Å². The van der Waals surface area contributed by atoms with Crippen molar-refractivity contribution in [1.29, 1.82) is 0 Å². The average Bonchev–Trinajstić information content (AvgIpc) is 1.99. The van der Waals surface area contributed by atoms with Gasteiger partial charge in [-0.25, -0.2) is 0 Å². The third-order valence-corrected chi connectivity index (χ3v) is 4.56. The van der Waals surface area contributed by atoms with Crippen molar-refractivity contribution >= 4 is 0 Å². The van der Waals surface area contributed by atoms with E-state index >= 15 is 0 Å². The highest BCUT2D eigenvalue weighted by Gasteiger charge is 2.56. The zero-order valence-electron chi connectivity index (χ0n) is 8.51. The molecule has 0 aliphatic heterocycles. The molecule has 0 heterocycles. The fourth-order valence-corrected chi connectivity index (χ4v) is 4.60. The molecule has 0 N–H and O–H groups in total. The molecule has 4 aliphatic rings. The monoisotopic (exact) mass is 179 g/mol. The van der Waals surface area contributed by atoms with Gasteiger partial charge in [0, 0.05) is 7.11 Å². The number of hydrogen-bond donors (Lipinski definition) is 0. The van der Waals surface area contributed by atoms with Crippen LogP contribution in [0.4, 0.5) is 0 Å². The molecule has 0 amide bonds. The maximum atomic E-state index is 5.78. The van der Waals surface area contributed by atoms with Gasteiger partial charge in [0.1, 0.15) is 0 Å². The molecule has 0 aromatic heterocycles. The lowest BCUT2D eigenvalue weighted by Crippen LogP contribution is -2.55. The summed E-state index contributed by atoms with van der Waals surface area (Å²) >= 11 is 0. The van der Waals surface area contributed by atoms with E-state index in [-0.39, 0.29) is 5.60 Å². The topological polar surface area (TPSA) is 9.23 Å². The van der Waals surface area contributed by atoms with Crippen molar-refractivity contribution < 1.29 is 4.74 Å². The third-order valence-electron chi connectivity index (χ3n) is 4.56. The molecule has 4 fully saturated rings. The summed E-state index contributed by atoms with van der Waals surface area (Å²) in [6.45, 7) is 4.44. The molecule has 73 valence electrons. The van der Waals surface area contributed by atoms with Crippen molar-refractivity contribution in [3.8, 4) is 0 Å². The number of hydrogen-bond acceptors (Lipinski definition) is 1. The van der Waals surface area contributed by atoms with Gasteiger partial charge in [-0.05, 0) is 62.7 Å². The predicted molar refractivity (Wildman–Crippen MR) is 52.2 cm³/mol. The zero-order chi connectivity index (χ0) is 9.10. The Balaban J connectivity index is 1.95. The summed E-state index contributed by atoms with van der Waals surface area (Å²) in [4.78, 5) is 0. The standard InChI is InChI=1S/C12H19O/c1-11-4-9-3-10(5-11)7-12(6-9,8-11)13-2/h9-10H,1,3-8H2,2H3. The summed E-state index contributed by atoms with van der Waals surface area (Å²) in [5.74, 6) is 1.86. The summed E-state index contributed by atoms with van der Waals surface area (Å²) in [6.07, 6.45) is 8.06. The summed E-state index contributed by atoms with van der Waals surface area (Å²) in [5.41, 5.74) is 0.631. The molecule has 2 atom stereocenters. The van der Waals surface area contributed by atoms with Gasteiger partial charge in [0.05, 0.1) is 5.60 Å². The summed E-state index contributed by atoms with van der Waals surface area (Å²) < 4.78 is 5.78. The van der Waals surface area contributed by atoms with Gasteiger partial charge >= 0.3 is 0 Å². The molecule has 13 heavy (non-hydrogen) atoms. The van der Waals surface area contributed by atoms with Crippen molar-refractivity contribution in [3.05, 3.63) is 6.92 Å². The van der Waals surface area contributed by atoms with Crippen LogP contribution in [0.3, 0.4) is 0 Å². The van der Waals surface area contributed by atoms with E-state index in [2.05, 4.69) is 6.92 Å². The molecule has 1 radical (unpaired) electrons. The first-order valence-electron chi connectivity index (χ1n) is 5.54. The molecule has 1 heteroatoms. The second-order valence-electron chi connectivity index (χ2n) is 5.85. The highest BCUT2D eigenvalue weighted by molar-refractivity contribution is 5.09. The Bertz CT molecular complexity index is 219. The lowest BCUT2D eigenvalue weighted by Gasteiger charge is -2.60. The van der Waals surface area contributed by atoms with Crippen LogP contribution in [0.25, 0.3) is 0 Å². The molecule has 4 bridgehead atoms. The second-order valence-corrected chi connectivity index (χ2v) is 5.85. The van der Waals surface area contributed by atoms with E-state index < -0.39 is 0 Å². The van der Waals surface area contributed by atoms with Gasteiger partial charge in [-0.15, -0.1) is 0 Å². The Morgan fingerprint density at radius 2 is 1.77 bits per heavy atom. The van der Waals surface area contributed by atoms with E-state index in [0.717, 1.165) is 11.8 Å². The van der Waals surface area contributed by atoms with E-state index in [1.807, 2.05) is 7.11 Å². The van der Waals surface area contributed by atoms with Gasteiger partial charge < -0.3 is 4.74 Å². The van der Waals surface area contributed by atoms with Gasteiger partial charge in [0.25, 0.3) is 0 Å². The maximum absolute atomic E-state index is 5.78. The van der Waals surface area contributed by atoms with Crippen LogP contribution in [0.5, 0.6) is 0 Å². The second kappa shape index (κ2) is 2.31. The van der Waals surface area contributed by atoms with E-state index in [1.165, 1.54) is 38.5 Å². The summed E-state index contributed by atoms with van der Waals surface area (Å²) in [5, 5.41) is 0. The van der Waals surface area contributed by atoms with Crippen LogP contribution in [0.2, 0.25) is 0 Å². The number of ether oxygens (including phenoxy) is 1. The van der Waals surface area contributed by atoms with E-state index in [9.17, 15) is 0 Å². The fraction of sp³-hybridized carbons (Fsp3) is 0.917. The van der Waals surface area contributed by atoms with Crippen molar-refractivity contribution in [1.82, 2.24) is 0 Å². The maximum Gasteiger partial charge on any atom is 0.0689 e. The quantitative estimate of drug-likeness (QED) is 0.601. The Labute approximate surface area is 80.8 Å². The van der Waals surface area contributed by atoms with Crippen molar-refractivity contribution in [2.75, 3.05) is 7.11 Å². The van der Waals surface area contributed by atoms with Crippen LogP contribution in [-0.2, 0) is 4.74 Å². The third kappa shape index (κ3) is 1.09. The van der Waals surface area contributed by atoms with E-state index in [0.29, 0.717) is 5.41 Å². The van der Waals surface area contributed by atoms with Crippen LogP contribution < -0.4 is 0 Å². The predicted octanol–water partition coefficient (Wildman–Crippen LogP) is 2.81. The summed E-state index contributed by atoms with van der Waals surface area (Å²) in [7, 11) is 1.90. The van der Waals surface area contributed by atoms with Crippen LogP contribution in [0.15, 0.2) is 0 Å². The van der Waals surface area contributed by atoms with Gasteiger partial charge in [-0.1, -0.05) is 0 Å². The Hall–Kier alpha value is -0.0400. The molecular formula is C12H19O. The fourth-order valence-electron chi connectivity index (χ4n) is 4.60. The molecule has 2 unspecified atom stereocenters. The van der Waals surface area contributed by atoms with Crippen LogP contribution in [0.1, 0.15) is 38.5 Å².